The van der Waals surface area contributed by atoms with Gasteiger partial charge in [-0.3, -0.25) is 4.79 Å². The minimum atomic E-state index is -0.959. The van der Waals surface area contributed by atoms with Crippen LogP contribution in [-0.2, 0) is 16.0 Å². The molecule has 0 bridgehead atoms. The van der Waals surface area contributed by atoms with Crippen molar-refractivity contribution in [3.63, 3.8) is 0 Å². The maximum absolute atomic E-state index is 11.9. The van der Waals surface area contributed by atoms with Gasteiger partial charge in [0.05, 0.1) is 14.2 Å². The molecular weight excluding hydrogens is 286 g/mol. The first kappa shape index (κ1) is 16.1. The Bertz CT molecular complexity index is 531. The fourth-order valence-electron chi connectivity index (χ4n) is 2.32. The monoisotopic (exact) mass is 307 g/mol. The standard InChI is InChI=1S/C16H21NO5/c1-21-12-7-10(8-13(9-12)22-2)3-6-14(18)17-15(16(19)20)11-4-5-11/h7-9,11,15H,3-6H2,1-2H3,(H,17,18)(H,19,20). The van der Waals surface area contributed by atoms with Gasteiger partial charge in [-0.15, -0.1) is 0 Å². The molecule has 6 nitrogen and oxygen atoms in total. The van der Waals surface area contributed by atoms with Gasteiger partial charge in [-0.1, -0.05) is 0 Å². The SMILES string of the molecule is COc1cc(CCC(=O)NC(C(=O)O)C2CC2)cc(OC)c1. The summed E-state index contributed by atoms with van der Waals surface area (Å²) in [5, 5.41) is 11.7. The zero-order chi connectivity index (χ0) is 16.1. The van der Waals surface area contributed by atoms with Crippen LogP contribution in [0.4, 0.5) is 0 Å². The molecule has 0 heterocycles. The molecule has 0 aromatic heterocycles. The summed E-state index contributed by atoms with van der Waals surface area (Å²) < 4.78 is 10.4. The molecule has 1 saturated carbocycles. The van der Waals surface area contributed by atoms with Crippen LogP contribution in [0.5, 0.6) is 11.5 Å². The zero-order valence-corrected chi connectivity index (χ0v) is 12.8. The van der Waals surface area contributed by atoms with E-state index in [9.17, 15) is 9.59 Å². The minimum Gasteiger partial charge on any atom is -0.497 e. The highest BCUT2D eigenvalue weighted by atomic mass is 16.5. The van der Waals surface area contributed by atoms with Crippen LogP contribution in [0.2, 0.25) is 0 Å². The number of methoxy groups -OCH3 is 2. The fourth-order valence-corrected chi connectivity index (χ4v) is 2.32. The van der Waals surface area contributed by atoms with Gasteiger partial charge in [0.2, 0.25) is 5.91 Å². The first-order valence-electron chi connectivity index (χ1n) is 7.27. The minimum absolute atomic E-state index is 0.0818. The van der Waals surface area contributed by atoms with E-state index in [1.54, 1.807) is 20.3 Å². The van der Waals surface area contributed by atoms with Crippen molar-refractivity contribution in [3.05, 3.63) is 23.8 Å². The highest BCUT2D eigenvalue weighted by Crippen LogP contribution is 2.32. The summed E-state index contributed by atoms with van der Waals surface area (Å²) in [6, 6.07) is 4.68. The van der Waals surface area contributed by atoms with Gasteiger partial charge in [0.15, 0.2) is 0 Å². The molecule has 1 atom stereocenters. The predicted octanol–water partition coefficient (Wildman–Crippen LogP) is 1.62. The Morgan fingerprint density at radius 3 is 2.27 bits per heavy atom. The average molecular weight is 307 g/mol. The number of nitrogens with one attached hydrogen (secondary N) is 1. The van der Waals surface area contributed by atoms with Gasteiger partial charge in [0.1, 0.15) is 17.5 Å². The van der Waals surface area contributed by atoms with Gasteiger partial charge in [0.25, 0.3) is 0 Å². The molecule has 2 N–H and O–H groups in total. The molecule has 1 aromatic rings. The van der Waals surface area contributed by atoms with E-state index in [-0.39, 0.29) is 18.2 Å². The van der Waals surface area contributed by atoms with Crippen molar-refractivity contribution in [2.45, 2.75) is 31.7 Å². The highest BCUT2D eigenvalue weighted by molar-refractivity contribution is 5.84. The molecule has 0 spiro atoms. The van der Waals surface area contributed by atoms with Crippen molar-refractivity contribution >= 4 is 11.9 Å². The summed E-state index contributed by atoms with van der Waals surface area (Å²) >= 11 is 0. The van der Waals surface area contributed by atoms with Gasteiger partial charge in [0, 0.05) is 12.5 Å². The molecule has 1 unspecified atom stereocenters. The second kappa shape index (κ2) is 7.15. The number of carboxylic acids is 1. The van der Waals surface area contributed by atoms with Crippen LogP contribution in [-0.4, -0.2) is 37.2 Å². The van der Waals surface area contributed by atoms with Crippen LogP contribution >= 0.6 is 0 Å². The molecule has 120 valence electrons. The maximum atomic E-state index is 11.9. The van der Waals surface area contributed by atoms with Crippen LogP contribution < -0.4 is 14.8 Å². The fraction of sp³-hybridized carbons (Fsp3) is 0.500. The van der Waals surface area contributed by atoms with Crippen molar-refractivity contribution in [2.24, 2.45) is 5.92 Å². The molecule has 22 heavy (non-hydrogen) atoms. The lowest BCUT2D eigenvalue weighted by Gasteiger charge is -2.13. The van der Waals surface area contributed by atoms with E-state index < -0.39 is 12.0 Å². The van der Waals surface area contributed by atoms with Crippen LogP contribution in [0.1, 0.15) is 24.8 Å². The maximum Gasteiger partial charge on any atom is 0.326 e. The summed E-state index contributed by atoms with van der Waals surface area (Å²) in [7, 11) is 3.14. The Balaban J connectivity index is 1.91. The van der Waals surface area contributed by atoms with Crippen molar-refractivity contribution < 1.29 is 24.2 Å². The van der Waals surface area contributed by atoms with E-state index >= 15 is 0 Å². The zero-order valence-electron chi connectivity index (χ0n) is 12.8. The molecule has 6 heteroatoms. The Hall–Kier alpha value is -2.24. The third-order valence-corrected chi connectivity index (χ3v) is 3.73. The topological polar surface area (TPSA) is 84.9 Å². The van der Waals surface area contributed by atoms with E-state index in [2.05, 4.69) is 5.32 Å². The van der Waals surface area contributed by atoms with Crippen LogP contribution in [0.25, 0.3) is 0 Å². The van der Waals surface area contributed by atoms with E-state index in [1.807, 2.05) is 12.1 Å². The molecule has 1 aliphatic rings. The second-order valence-electron chi connectivity index (χ2n) is 5.44. The van der Waals surface area contributed by atoms with Gasteiger partial charge in [-0.25, -0.2) is 4.79 Å². The van der Waals surface area contributed by atoms with Gasteiger partial charge in [-0.05, 0) is 42.9 Å². The third-order valence-electron chi connectivity index (χ3n) is 3.73. The number of carbonyl (C=O) groups is 2. The number of hydrogen-bond donors (Lipinski definition) is 2. The Labute approximate surface area is 129 Å². The molecular formula is C16H21NO5. The average Bonchev–Trinajstić information content (AvgIpc) is 3.34. The first-order chi connectivity index (χ1) is 10.5. The Morgan fingerprint density at radius 1 is 1.23 bits per heavy atom. The van der Waals surface area contributed by atoms with Crippen molar-refractivity contribution in [1.82, 2.24) is 5.32 Å². The smallest absolute Gasteiger partial charge is 0.326 e. The van der Waals surface area contributed by atoms with Crippen LogP contribution in [0, 0.1) is 5.92 Å². The molecule has 0 saturated heterocycles. The summed E-state index contributed by atoms with van der Waals surface area (Å²) in [6.45, 7) is 0. The van der Waals surface area contributed by atoms with Gasteiger partial charge >= 0.3 is 5.97 Å². The van der Waals surface area contributed by atoms with Gasteiger partial charge < -0.3 is 19.9 Å². The van der Waals surface area contributed by atoms with Crippen LogP contribution in [0.15, 0.2) is 18.2 Å². The summed E-state index contributed by atoms with van der Waals surface area (Å²) in [6.07, 6.45) is 2.46. The van der Waals surface area contributed by atoms with Crippen molar-refractivity contribution in [3.8, 4) is 11.5 Å². The highest BCUT2D eigenvalue weighted by Gasteiger charge is 2.37. The number of rotatable bonds is 8. The number of aliphatic carboxylic acids is 1. The molecule has 0 aliphatic heterocycles. The number of hydrogen-bond acceptors (Lipinski definition) is 4. The van der Waals surface area contributed by atoms with E-state index in [4.69, 9.17) is 14.6 Å². The number of aryl methyl sites for hydroxylation is 1. The van der Waals surface area contributed by atoms with Crippen molar-refractivity contribution in [2.75, 3.05) is 14.2 Å². The largest absolute Gasteiger partial charge is 0.497 e. The molecule has 1 aromatic carbocycles. The third kappa shape index (κ3) is 4.38. The number of amides is 1. The second-order valence-corrected chi connectivity index (χ2v) is 5.44. The molecule has 1 fully saturated rings. The lowest BCUT2D eigenvalue weighted by molar-refractivity contribution is -0.142. The number of benzene rings is 1. The lowest BCUT2D eigenvalue weighted by atomic mass is 10.1. The number of carbonyl (C=O) groups excluding carboxylic acids is 1. The quantitative estimate of drug-likeness (QED) is 0.762. The van der Waals surface area contributed by atoms with Gasteiger partial charge in [-0.2, -0.15) is 0 Å². The molecule has 0 radical (unpaired) electrons. The predicted molar refractivity (Wildman–Crippen MR) is 80.2 cm³/mol. The van der Waals surface area contributed by atoms with Crippen LogP contribution in [0.3, 0.4) is 0 Å². The lowest BCUT2D eigenvalue weighted by Crippen LogP contribution is -2.42. The van der Waals surface area contributed by atoms with E-state index in [1.165, 1.54) is 0 Å². The number of ether oxygens (including phenoxy) is 2. The normalized spacial score (nSPS) is 15.0. The Kier molecular flexibility index (Phi) is 5.25. The Morgan fingerprint density at radius 2 is 1.82 bits per heavy atom. The number of carboxylic acid groups (broad SMARTS) is 1. The summed E-state index contributed by atoms with van der Waals surface area (Å²) in [5.41, 5.74) is 0.907. The van der Waals surface area contributed by atoms with Crippen molar-refractivity contribution in [1.29, 1.82) is 0 Å². The van der Waals surface area contributed by atoms with E-state index in [0.29, 0.717) is 17.9 Å². The first-order valence-corrected chi connectivity index (χ1v) is 7.27. The van der Waals surface area contributed by atoms with E-state index in [0.717, 1.165) is 18.4 Å². The summed E-state index contributed by atoms with van der Waals surface area (Å²) in [5.74, 6) is 0.200. The summed E-state index contributed by atoms with van der Waals surface area (Å²) in [4.78, 5) is 23.0. The molecule has 1 amide bonds. The molecule has 2 rings (SSSR count). The molecule has 1 aliphatic carbocycles.